The first-order valence-electron chi connectivity index (χ1n) is 12.0. The Morgan fingerprint density at radius 2 is 0.886 bits per heavy atom. The molecule has 8 nitrogen and oxygen atoms in total. The number of halogens is 1. The van der Waals surface area contributed by atoms with E-state index in [-0.39, 0.29) is 0 Å². The summed E-state index contributed by atoms with van der Waals surface area (Å²) in [4.78, 5) is 8.89. The molecule has 35 heavy (non-hydrogen) atoms. The lowest BCUT2D eigenvalue weighted by Gasteiger charge is -2.17. The van der Waals surface area contributed by atoms with Crippen molar-refractivity contribution in [3.05, 3.63) is 73.3 Å². The smallest absolute Gasteiger partial charge is 0.231 e. The van der Waals surface area contributed by atoms with Crippen molar-refractivity contribution < 1.29 is 38.0 Å². The molecule has 186 valence electrons. The van der Waals surface area contributed by atoms with Gasteiger partial charge in [0.2, 0.25) is 11.0 Å². The Morgan fingerprint density at radius 1 is 0.543 bits per heavy atom. The molecule has 2 aromatic heterocycles. The fourth-order valence-corrected chi connectivity index (χ4v) is 4.20. The Labute approximate surface area is 207 Å². The molecule has 0 aliphatic heterocycles. The van der Waals surface area contributed by atoms with Crippen molar-refractivity contribution in [2.24, 2.45) is 0 Å². The van der Waals surface area contributed by atoms with Crippen LogP contribution in [0, 0.1) is 10.2 Å². The van der Waals surface area contributed by atoms with Gasteiger partial charge in [0.15, 0.2) is 12.4 Å². The second-order valence-corrected chi connectivity index (χ2v) is 9.18. The highest BCUT2D eigenvalue weighted by Gasteiger charge is 2.09. The van der Waals surface area contributed by atoms with Crippen molar-refractivity contribution in [2.75, 3.05) is 0 Å². The van der Waals surface area contributed by atoms with Crippen LogP contribution in [-0.2, 0) is 13.1 Å². The van der Waals surface area contributed by atoms with E-state index in [0.29, 0.717) is 0 Å². The Kier molecular flexibility index (Phi) is 10.7. The van der Waals surface area contributed by atoms with Gasteiger partial charge in [0.05, 0.1) is 12.4 Å². The maximum atomic E-state index is 8.49. The van der Waals surface area contributed by atoms with E-state index in [4.69, 9.17) is 18.6 Å². The van der Waals surface area contributed by atoms with Crippen LogP contribution in [0.1, 0.15) is 51.4 Å². The van der Waals surface area contributed by atoms with Gasteiger partial charge in [-0.25, -0.2) is 28.6 Å². The topological polar surface area (TPSA) is 126 Å². The first-order chi connectivity index (χ1) is 16.9. The number of nitrogens with zero attached hydrogens (tertiary/aromatic N) is 4. The van der Waals surface area contributed by atoms with Crippen LogP contribution in [-0.4, -0.2) is 9.97 Å². The fourth-order valence-electron chi connectivity index (χ4n) is 4.20. The minimum absolute atomic E-state index is 1.08. The normalized spacial score (nSPS) is 11.4. The van der Waals surface area contributed by atoms with E-state index in [9.17, 15) is 0 Å². The number of para-hydroxylation sites is 4. The molecule has 0 atom stereocenters. The Hall–Kier alpha value is -2.75. The van der Waals surface area contributed by atoms with Crippen molar-refractivity contribution in [2.45, 2.75) is 64.5 Å². The zero-order valence-corrected chi connectivity index (χ0v) is 20.6. The van der Waals surface area contributed by atoms with Crippen LogP contribution in [0.25, 0.3) is 22.1 Å². The summed E-state index contributed by atoms with van der Waals surface area (Å²) >= 11 is 0. The number of fused-ring (bicyclic) bond motifs is 2. The average molecular weight is 500 g/mol. The summed E-state index contributed by atoms with van der Waals surface area (Å²) in [5, 5.41) is 0. The number of hydrogen-bond acceptors (Lipinski definition) is 6. The standard InChI is InChI=1S/C26H32N4.ClHO4/c1(3-5-11-19-29-21-17-27-23-13-7-9-15-25(23)29)2-4-6-12-20-30-22-18-28-24-14-8-10-16-26(24)30;2-1(3,4)5/h7-10,13-18,21-22H,1-6,11-12,19-20H2;(H,2,3,4,5)/q+2;/p-1. The van der Waals surface area contributed by atoms with Gasteiger partial charge in [-0.3, -0.25) is 0 Å². The molecule has 0 aliphatic carbocycles. The third kappa shape index (κ3) is 9.79. The molecule has 0 fully saturated rings. The maximum absolute atomic E-state index is 8.49. The number of aromatic nitrogens is 4. The predicted molar refractivity (Wildman–Crippen MR) is 121 cm³/mol. The van der Waals surface area contributed by atoms with Crippen LogP contribution in [0.2, 0.25) is 0 Å². The number of hydrogen-bond donors (Lipinski definition) is 0. The highest BCUT2D eigenvalue weighted by molar-refractivity contribution is 5.70. The maximum Gasteiger partial charge on any atom is 0.231 e. The summed E-state index contributed by atoms with van der Waals surface area (Å²) in [6.07, 6.45) is 18.5. The lowest BCUT2D eigenvalue weighted by atomic mass is 10.1. The number of rotatable bonds is 11. The van der Waals surface area contributed by atoms with Crippen LogP contribution in [0.3, 0.4) is 0 Å². The second-order valence-electron chi connectivity index (χ2n) is 8.43. The first-order valence-corrected chi connectivity index (χ1v) is 13.2. The lowest BCUT2D eigenvalue weighted by Crippen LogP contribution is -2.68. The monoisotopic (exact) mass is 499 g/mol. The molecule has 0 saturated heterocycles. The van der Waals surface area contributed by atoms with E-state index in [1.54, 1.807) is 0 Å². The van der Waals surface area contributed by atoms with Crippen LogP contribution in [0.4, 0.5) is 0 Å². The van der Waals surface area contributed by atoms with E-state index < -0.39 is 10.2 Å². The minimum atomic E-state index is -4.94. The van der Waals surface area contributed by atoms with Gasteiger partial charge in [0.25, 0.3) is 0 Å². The van der Waals surface area contributed by atoms with Crippen molar-refractivity contribution in [1.29, 1.82) is 0 Å². The third-order valence-electron chi connectivity index (χ3n) is 5.85. The van der Waals surface area contributed by atoms with E-state index in [0.717, 1.165) is 24.1 Å². The Morgan fingerprint density at radius 3 is 1.29 bits per heavy atom. The molecule has 0 aliphatic rings. The van der Waals surface area contributed by atoms with E-state index in [2.05, 4.69) is 80.0 Å². The van der Waals surface area contributed by atoms with E-state index in [1.165, 1.54) is 62.4 Å². The van der Waals surface area contributed by atoms with Gasteiger partial charge < -0.3 is 0 Å². The second kappa shape index (κ2) is 14.0. The molecule has 0 radical (unpaired) electrons. The summed E-state index contributed by atoms with van der Waals surface area (Å²) in [6.45, 7) is 2.17. The van der Waals surface area contributed by atoms with E-state index >= 15 is 0 Å². The summed E-state index contributed by atoms with van der Waals surface area (Å²) < 4.78 is 38.6. The summed E-state index contributed by atoms with van der Waals surface area (Å²) in [6, 6.07) is 16.8. The van der Waals surface area contributed by atoms with Crippen molar-refractivity contribution in [3.8, 4) is 0 Å². The van der Waals surface area contributed by atoms with Crippen LogP contribution >= 0.6 is 0 Å². The number of aryl methyl sites for hydroxylation is 2. The molecule has 0 unspecified atom stereocenters. The van der Waals surface area contributed by atoms with Gasteiger partial charge in [-0.2, -0.15) is 9.13 Å². The van der Waals surface area contributed by atoms with Crippen molar-refractivity contribution in [1.82, 2.24) is 9.97 Å². The van der Waals surface area contributed by atoms with Crippen molar-refractivity contribution >= 4 is 22.1 Å². The molecule has 0 amide bonds. The SMILES string of the molecule is [O-][Cl+3]([O-])([O-])[O-].c1ccc2c(c1)ncc[n+]2CCCCCCCCCC[n+]1ccnc2ccccc21. The first kappa shape index (κ1) is 26.8. The number of benzene rings is 2. The molecule has 0 saturated carbocycles. The fraction of sp³-hybridized carbons (Fsp3) is 0.385. The van der Waals surface area contributed by atoms with Crippen LogP contribution < -0.4 is 27.8 Å². The van der Waals surface area contributed by atoms with Gasteiger partial charge in [0.1, 0.15) is 24.1 Å². The zero-order chi connectivity index (χ0) is 24.9. The molecule has 2 heterocycles. The molecule has 0 spiro atoms. The summed E-state index contributed by atoms with van der Waals surface area (Å²) in [5.41, 5.74) is 4.63. The summed E-state index contributed by atoms with van der Waals surface area (Å²) in [7, 11) is -4.94. The van der Waals surface area contributed by atoms with Crippen molar-refractivity contribution in [3.63, 3.8) is 0 Å². The minimum Gasteiger partial charge on any atom is -0.244 e. The molecule has 2 aromatic carbocycles. The van der Waals surface area contributed by atoms with Gasteiger partial charge in [-0.1, -0.05) is 49.9 Å². The summed E-state index contributed by atoms with van der Waals surface area (Å²) in [5.74, 6) is 0. The van der Waals surface area contributed by atoms with Gasteiger partial charge in [0, 0.05) is 25.0 Å². The number of unbranched alkanes of at least 4 members (excludes halogenated alkanes) is 7. The average Bonchev–Trinajstić information content (AvgIpc) is 2.84. The zero-order valence-electron chi connectivity index (χ0n) is 19.8. The third-order valence-corrected chi connectivity index (χ3v) is 5.85. The molecule has 4 aromatic rings. The van der Waals surface area contributed by atoms with Gasteiger partial charge in [-0.05, 0) is 25.0 Å². The molecular weight excluding hydrogens is 468 g/mol. The largest absolute Gasteiger partial charge is 0.244 e. The molecule has 0 bridgehead atoms. The molecule has 0 N–H and O–H groups in total. The highest BCUT2D eigenvalue weighted by atomic mass is 35.7. The highest BCUT2D eigenvalue weighted by Crippen LogP contribution is 2.11. The quantitative estimate of drug-likeness (QED) is 0.217. The lowest BCUT2D eigenvalue weighted by molar-refractivity contribution is -2.00. The Bertz CT molecular complexity index is 1080. The molecule has 4 rings (SSSR count). The Balaban J connectivity index is 0.000000623. The van der Waals surface area contributed by atoms with E-state index in [1.807, 2.05) is 12.4 Å². The van der Waals surface area contributed by atoms with Gasteiger partial charge >= 0.3 is 0 Å². The molecule has 9 heteroatoms. The van der Waals surface area contributed by atoms with Gasteiger partial charge in [-0.15, -0.1) is 10.2 Å². The predicted octanol–water partition coefficient (Wildman–Crippen LogP) is 0.423. The molecular formula is C26H32ClN4O4+. The van der Waals surface area contributed by atoms with Crippen LogP contribution in [0.15, 0.2) is 73.3 Å². The van der Waals surface area contributed by atoms with Crippen LogP contribution in [0.5, 0.6) is 0 Å².